The summed E-state index contributed by atoms with van der Waals surface area (Å²) in [4.78, 5) is 16.1. The normalized spacial score (nSPS) is 17.1. The van der Waals surface area contributed by atoms with Gasteiger partial charge in [0.1, 0.15) is 0 Å². The fourth-order valence-corrected chi connectivity index (χ4v) is 7.94. The van der Waals surface area contributed by atoms with Gasteiger partial charge in [-0.15, -0.1) is 0 Å². The molecular formula is C42H47N3O2. The van der Waals surface area contributed by atoms with Crippen molar-refractivity contribution in [2.45, 2.75) is 74.1 Å². The Kier molecular flexibility index (Phi) is 8.76. The number of aromatic nitrogens is 2. The number of carbonyl (C=O) groups excluding carboxylic acids is 1. The average Bonchev–Trinajstić information content (AvgIpc) is 3.67. The predicted octanol–water partition coefficient (Wildman–Crippen LogP) is 8.09. The van der Waals surface area contributed by atoms with Crippen LogP contribution in [0, 0.1) is 13.8 Å². The van der Waals surface area contributed by atoms with E-state index in [2.05, 4.69) is 142 Å². The van der Waals surface area contributed by atoms with Gasteiger partial charge in [0.15, 0.2) is 5.60 Å². The highest BCUT2D eigenvalue weighted by Gasteiger charge is 2.46. The first kappa shape index (κ1) is 32.2. The number of aryl methyl sites for hydroxylation is 1. The third kappa shape index (κ3) is 4.95. The summed E-state index contributed by atoms with van der Waals surface area (Å²) < 4.78 is 11.5. The van der Waals surface area contributed by atoms with Crippen LogP contribution in [0.15, 0.2) is 78.9 Å². The van der Waals surface area contributed by atoms with Crippen LogP contribution in [-0.2, 0) is 23.4 Å². The molecule has 3 heterocycles. The lowest BCUT2D eigenvalue weighted by Gasteiger charge is -2.29. The topological polar surface area (TPSA) is 39.4 Å². The van der Waals surface area contributed by atoms with Crippen LogP contribution >= 0.6 is 0 Å². The number of cyclic esters (lactones) is 1. The van der Waals surface area contributed by atoms with Gasteiger partial charge < -0.3 is 18.8 Å². The van der Waals surface area contributed by atoms with Crippen LogP contribution in [0.4, 0.5) is 5.69 Å². The molecule has 1 aliphatic rings. The maximum atomic E-state index is 13.8. The minimum absolute atomic E-state index is 0.301. The van der Waals surface area contributed by atoms with E-state index < -0.39 is 5.60 Å². The Balaban J connectivity index is 1.79. The molecule has 0 radical (unpaired) electrons. The fraction of sp³-hybridized carbons (Fsp3) is 0.310. The van der Waals surface area contributed by atoms with Gasteiger partial charge >= 0.3 is 5.97 Å². The fourth-order valence-electron chi connectivity index (χ4n) is 7.94. The highest BCUT2D eigenvalue weighted by molar-refractivity contribution is 6.01. The lowest BCUT2D eigenvalue weighted by Crippen LogP contribution is -2.30. The molecule has 0 spiro atoms. The molecule has 0 bridgehead atoms. The number of carbonyl (C=O) groups is 1. The number of esters is 1. The lowest BCUT2D eigenvalue weighted by molar-refractivity contribution is 0.0276. The number of nitrogens with zero attached hydrogens (tertiary/aromatic N) is 3. The number of anilines is 1. The highest BCUT2D eigenvalue weighted by atomic mass is 16.6. The summed E-state index contributed by atoms with van der Waals surface area (Å²) in [5, 5.41) is 3.58. The van der Waals surface area contributed by atoms with Gasteiger partial charge in [-0.1, -0.05) is 60.7 Å². The monoisotopic (exact) mass is 625 g/mol. The lowest BCUT2D eigenvalue weighted by atomic mass is 9.81. The second-order valence-corrected chi connectivity index (χ2v) is 12.3. The molecule has 47 heavy (non-hydrogen) atoms. The van der Waals surface area contributed by atoms with E-state index >= 15 is 0 Å². The van der Waals surface area contributed by atoms with Crippen molar-refractivity contribution >= 4 is 40.3 Å². The van der Waals surface area contributed by atoms with E-state index in [0.29, 0.717) is 5.56 Å². The zero-order valence-corrected chi connectivity index (χ0v) is 29.1. The first-order chi connectivity index (χ1) is 22.8. The SMILES string of the molecule is C/C=c1/c(/C(=C/C2(c3ccc(N(CC)CC)cc3)OC(=O)c3ccccc32)c2c(C)n(CC)c3ccccc23)c(C)n(CC)/c1=C/C. The van der Waals surface area contributed by atoms with Crippen molar-refractivity contribution in [3.8, 4) is 0 Å². The summed E-state index contributed by atoms with van der Waals surface area (Å²) in [6.45, 7) is 21.0. The molecule has 5 heteroatoms. The predicted molar refractivity (Wildman–Crippen MR) is 196 cm³/mol. The summed E-state index contributed by atoms with van der Waals surface area (Å²) in [6.07, 6.45) is 6.70. The molecule has 0 saturated carbocycles. The van der Waals surface area contributed by atoms with E-state index in [-0.39, 0.29) is 5.97 Å². The maximum absolute atomic E-state index is 13.8. The Morgan fingerprint density at radius 3 is 2.06 bits per heavy atom. The smallest absolute Gasteiger partial charge is 0.340 e. The van der Waals surface area contributed by atoms with E-state index in [9.17, 15) is 4.79 Å². The Bertz CT molecular complexity index is 2120. The van der Waals surface area contributed by atoms with Crippen LogP contribution in [0.1, 0.15) is 85.5 Å². The molecule has 5 nitrogen and oxygen atoms in total. The molecule has 6 rings (SSSR count). The standard InChI is InChI=1S/C42H47N3O2/c1-9-32-37(10-2)44(13-5)28(7)39(32)35(40-29(8)45(14-6)38-22-18-16-20-34(38)40)27-42(36-21-17-15-19-33(36)41(46)47-42)30-23-25-31(26-24-30)43(11-3)12-4/h9-10,15-27H,11-14H2,1-8H3/b32-9+,35-27-,37-10+. The summed E-state index contributed by atoms with van der Waals surface area (Å²) in [5.41, 5.74) is 9.42. The second-order valence-electron chi connectivity index (χ2n) is 12.3. The van der Waals surface area contributed by atoms with Crippen LogP contribution < -0.4 is 15.5 Å². The quantitative estimate of drug-likeness (QED) is 0.156. The maximum Gasteiger partial charge on any atom is 0.340 e. The minimum atomic E-state index is -1.13. The van der Waals surface area contributed by atoms with Crippen LogP contribution in [-0.4, -0.2) is 28.2 Å². The number of hydrogen-bond donors (Lipinski definition) is 0. The number of ether oxygens (including phenoxy) is 1. The van der Waals surface area contributed by atoms with Gasteiger partial charge in [-0.05, 0) is 91.3 Å². The van der Waals surface area contributed by atoms with Crippen molar-refractivity contribution < 1.29 is 9.53 Å². The molecule has 5 aromatic rings. The Hall–Kier alpha value is -4.77. The molecule has 0 aliphatic carbocycles. The Morgan fingerprint density at radius 2 is 1.43 bits per heavy atom. The molecule has 2 aromatic heterocycles. The summed E-state index contributed by atoms with van der Waals surface area (Å²) in [6, 6.07) is 25.1. The summed E-state index contributed by atoms with van der Waals surface area (Å²) in [7, 11) is 0. The van der Waals surface area contributed by atoms with Gasteiger partial charge in [0, 0.05) is 87.0 Å². The van der Waals surface area contributed by atoms with Crippen molar-refractivity contribution in [1.29, 1.82) is 0 Å². The summed E-state index contributed by atoms with van der Waals surface area (Å²) in [5.74, 6) is -0.301. The number of rotatable bonds is 9. The van der Waals surface area contributed by atoms with Crippen molar-refractivity contribution in [3.05, 3.63) is 129 Å². The van der Waals surface area contributed by atoms with E-state index in [1.165, 1.54) is 44.0 Å². The molecule has 1 unspecified atom stereocenters. The zero-order chi connectivity index (χ0) is 33.5. The van der Waals surface area contributed by atoms with E-state index in [1.807, 2.05) is 18.2 Å². The molecule has 1 atom stereocenters. The molecular weight excluding hydrogens is 578 g/mol. The number of benzene rings is 3. The first-order valence-electron chi connectivity index (χ1n) is 17.1. The van der Waals surface area contributed by atoms with Crippen LogP contribution in [0.2, 0.25) is 0 Å². The molecule has 1 aliphatic heterocycles. The number of fused-ring (bicyclic) bond motifs is 2. The summed E-state index contributed by atoms with van der Waals surface area (Å²) >= 11 is 0. The van der Waals surface area contributed by atoms with Crippen molar-refractivity contribution in [2.75, 3.05) is 18.0 Å². The van der Waals surface area contributed by atoms with Crippen molar-refractivity contribution in [3.63, 3.8) is 0 Å². The van der Waals surface area contributed by atoms with Crippen molar-refractivity contribution in [2.24, 2.45) is 0 Å². The van der Waals surface area contributed by atoms with Gasteiger partial charge in [-0.25, -0.2) is 4.79 Å². The third-order valence-electron chi connectivity index (χ3n) is 10.1. The van der Waals surface area contributed by atoms with Crippen LogP contribution in [0.3, 0.4) is 0 Å². The second kappa shape index (κ2) is 12.8. The highest BCUT2D eigenvalue weighted by Crippen LogP contribution is 2.47. The van der Waals surface area contributed by atoms with Crippen molar-refractivity contribution in [1.82, 2.24) is 9.13 Å². The molecule has 3 aromatic carbocycles. The molecule has 0 N–H and O–H groups in total. The largest absolute Gasteiger partial charge is 0.441 e. The number of hydrogen-bond acceptors (Lipinski definition) is 3. The van der Waals surface area contributed by atoms with Crippen LogP contribution in [0.5, 0.6) is 0 Å². The van der Waals surface area contributed by atoms with Gasteiger partial charge in [0.05, 0.1) is 5.56 Å². The Morgan fingerprint density at radius 1 is 0.787 bits per heavy atom. The molecule has 242 valence electrons. The molecule has 0 saturated heterocycles. The zero-order valence-electron chi connectivity index (χ0n) is 29.1. The molecule has 0 amide bonds. The Labute approximate surface area is 279 Å². The third-order valence-corrected chi connectivity index (χ3v) is 10.1. The minimum Gasteiger partial charge on any atom is -0.441 e. The van der Waals surface area contributed by atoms with E-state index in [4.69, 9.17) is 4.74 Å². The van der Waals surface area contributed by atoms with Crippen LogP contribution in [0.25, 0.3) is 28.6 Å². The van der Waals surface area contributed by atoms with E-state index in [1.54, 1.807) is 0 Å². The molecule has 0 fully saturated rings. The first-order valence-corrected chi connectivity index (χ1v) is 17.1. The van der Waals surface area contributed by atoms with Gasteiger partial charge in [-0.3, -0.25) is 0 Å². The number of para-hydroxylation sites is 1. The van der Waals surface area contributed by atoms with E-state index in [0.717, 1.165) is 48.6 Å². The average molecular weight is 626 g/mol. The van der Waals surface area contributed by atoms with Gasteiger partial charge in [-0.2, -0.15) is 0 Å². The van der Waals surface area contributed by atoms with Gasteiger partial charge in [0.25, 0.3) is 0 Å². The van der Waals surface area contributed by atoms with Gasteiger partial charge in [0.2, 0.25) is 0 Å².